The van der Waals surface area contributed by atoms with E-state index < -0.39 is 0 Å². The van der Waals surface area contributed by atoms with Gasteiger partial charge in [-0.15, -0.1) is 0 Å². The predicted molar refractivity (Wildman–Crippen MR) is 75.9 cm³/mol. The van der Waals surface area contributed by atoms with Crippen LogP contribution in [0.2, 0.25) is 0 Å². The molecule has 1 amide bonds. The number of nitrogens with one attached hydrogen (secondary N) is 1. The highest BCUT2D eigenvalue weighted by Gasteiger charge is 2.35. The lowest BCUT2D eigenvalue weighted by atomic mass is 10.1. The summed E-state index contributed by atoms with van der Waals surface area (Å²) in [6.07, 6.45) is 4.05. The highest BCUT2D eigenvalue weighted by atomic mass is 16.5. The average Bonchev–Trinajstić information content (AvgIpc) is 2.96. The summed E-state index contributed by atoms with van der Waals surface area (Å²) in [5, 5.41) is 0. The molecular weight excluding hydrogens is 254 g/mol. The molecule has 1 aliphatic heterocycles. The minimum absolute atomic E-state index is 0.243. The first kappa shape index (κ1) is 13.5. The number of ether oxygens (including phenoxy) is 1. The van der Waals surface area contributed by atoms with E-state index in [0.717, 1.165) is 25.3 Å². The summed E-state index contributed by atoms with van der Waals surface area (Å²) in [6, 6.07) is 8.21. The quantitative estimate of drug-likeness (QED) is 0.491. The van der Waals surface area contributed by atoms with Crippen LogP contribution in [-0.2, 0) is 11.3 Å². The number of benzene rings is 1. The lowest BCUT2D eigenvalue weighted by Crippen LogP contribution is -2.47. The first-order valence-electron chi connectivity index (χ1n) is 7.23. The normalized spacial score (nSPS) is 26.2. The molecule has 2 atom stereocenters. The molecule has 3 rings (SSSR count). The predicted octanol–water partition coefficient (Wildman–Crippen LogP) is 1.04. The Labute approximate surface area is 119 Å². The van der Waals surface area contributed by atoms with Gasteiger partial charge in [0.25, 0.3) is 5.91 Å². The molecule has 5 heteroatoms. The van der Waals surface area contributed by atoms with Gasteiger partial charge in [-0.3, -0.25) is 15.1 Å². The number of hydrogen-bond donors (Lipinski definition) is 2. The van der Waals surface area contributed by atoms with Crippen molar-refractivity contribution >= 4 is 5.91 Å². The molecular formula is C15H21N3O2. The number of fused-ring (bicyclic) bond motifs is 1. The fourth-order valence-electron chi connectivity index (χ4n) is 3.33. The second kappa shape index (κ2) is 5.91. The van der Waals surface area contributed by atoms with Gasteiger partial charge < -0.3 is 4.74 Å². The molecule has 0 spiro atoms. The van der Waals surface area contributed by atoms with Gasteiger partial charge in [0.2, 0.25) is 0 Å². The number of nitrogens with zero attached hydrogens (tertiary/aromatic N) is 1. The van der Waals surface area contributed by atoms with E-state index in [0.29, 0.717) is 17.7 Å². The van der Waals surface area contributed by atoms with Crippen molar-refractivity contribution in [1.29, 1.82) is 0 Å². The van der Waals surface area contributed by atoms with Crippen molar-refractivity contribution in [3.63, 3.8) is 0 Å². The molecule has 2 unspecified atom stereocenters. The summed E-state index contributed by atoms with van der Waals surface area (Å²) in [4.78, 5) is 14.1. The molecule has 108 valence electrons. The molecule has 20 heavy (non-hydrogen) atoms. The summed E-state index contributed by atoms with van der Waals surface area (Å²) in [5.41, 5.74) is 3.94. The van der Waals surface area contributed by atoms with Crippen molar-refractivity contribution in [1.82, 2.24) is 10.3 Å². The maximum atomic E-state index is 11.6. The molecule has 0 aromatic heterocycles. The molecule has 1 aliphatic carbocycles. The number of morpholine rings is 1. The van der Waals surface area contributed by atoms with E-state index in [1.165, 1.54) is 19.3 Å². The number of nitrogen functional groups attached to an aromatic ring is 1. The summed E-state index contributed by atoms with van der Waals surface area (Å²) in [7, 11) is 0. The van der Waals surface area contributed by atoms with Crippen molar-refractivity contribution in [2.45, 2.75) is 38.0 Å². The minimum atomic E-state index is -0.243. The van der Waals surface area contributed by atoms with Gasteiger partial charge in [0.1, 0.15) is 0 Å². The molecule has 1 aromatic rings. The number of amides is 1. The summed E-state index contributed by atoms with van der Waals surface area (Å²) in [5.74, 6) is 4.94. The van der Waals surface area contributed by atoms with Crippen LogP contribution in [0.3, 0.4) is 0 Å². The lowest BCUT2D eigenvalue weighted by molar-refractivity contribution is -0.0588. The zero-order chi connectivity index (χ0) is 13.9. The first-order valence-corrected chi connectivity index (χ1v) is 7.23. The topological polar surface area (TPSA) is 67.6 Å². The monoisotopic (exact) mass is 275 g/mol. The molecule has 0 bridgehead atoms. The number of hydrogen-bond acceptors (Lipinski definition) is 4. The molecule has 1 saturated heterocycles. The van der Waals surface area contributed by atoms with E-state index in [9.17, 15) is 4.79 Å². The third-order valence-corrected chi connectivity index (χ3v) is 4.30. The Balaban J connectivity index is 1.72. The highest BCUT2D eigenvalue weighted by molar-refractivity contribution is 5.93. The van der Waals surface area contributed by atoms with E-state index in [-0.39, 0.29) is 5.91 Å². The molecule has 2 fully saturated rings. The number of rotatable bonds is 3. The van der Waals surface area contributed by atoms with Gasteiger partial charge in [-0.1, -0.05) is 12.1 Å². The maximum Gasteiger partial charge on any atom is 0.265 e. The van der Waals surface area contributed by atoms with E-state index in [1.807, 2.05) is 12.1 Å². The largest absolute Gasteiger partial charge is 0.375 e. The van der Waals surface area contributed by atoms with E-state index in [4.69, 9.17) is 10.6 Å². The smallest absolute Gasteiger partial charge is 0.265 e. The number of carbonyl (C=O) groups excluding carboxylic acids is 1. The van der Waals surface area contributed by atoms with Crippen LogP contribution in [0.1, 0.15) is 35.2 Å². The Kier molecular flexibility index (Phi) is 4.00. The number of hydrazine groups is 1. The van der Waals surface area contributed by atoms with Crippen LogP contribution in [0.4, 0.5) is 0 Å². The Morgan fingerprint density at radius 1 is 1.45 bits per heavy atom. The van der Waals surface area contributed by atoms with Crippen molar-refractivity contribution < 1.29 is 9.53 Å². The summed E-state index contributed by atoms with van der Waals surface area (Å²) >= 11 is 0. The van der Waals surface area contributed by atoms with Crippen LogP contribution in [-0.4, -0.2) is 36.1 Å². The summed E-state index contributed by atoms with van der Waals surface area (Å²) < 4.78 is 5.83. The second-order valence-electron chi connectivity index (χ2n) is 5.55. The fraction of sp³-hybridized carbons (Fsp3) is 0.533. The number of nitrogens with two attached hydrogens (primary N) is 1. The molecule has 1 aromatic carbocycles. The summed E-state index contributed by atoms with van der Waals surface area (Å²) in [6.45, 7) is 2.65. The third kappa shape index (κ3) is 2.70. The zero-order valence-corrected chi connectivity index (χ0v) is 11.5. The highest BCUT2D eigenvalue weighted by Crippen LogP contribution is 2.30. The van der Waals surface area contributed by atoms with Gasteiger partial charge in [-0.25, -0.2) is 5.84 Å². The molecule has 1 heterocycles. The second-order valence-corrected chi connectivity index (χ2v) is 5.55. The van der Waals surface area contributed by atoms with Crippen LogP contribution in [0, 0.1) is 0 Å². The van der Waals surface area contributed by atoms with Crippen molar-refractivity contribution in [2.24, 2.45) is 5.84 Å². The Bertz CT molecular complexity index is 492. The van der Waals surface area contributed by atoms with Gasteiger partial charge in [0.15, 0.2) is 0 Å². The number of carbonyl (C=O) groups is 1. The van der Waals surface area contributed by atoms with Crippen LogP contribution in [0.15, 0.2) is 24.3 Å². The van der Waals surface area contributed by atoms with Crippen molar-refractivity contribution in [3.05, 3.63) is 35.4 Å². The van der Waals surface area contributed by atoms with Crippen LogP contribution < -0.4 is 11.3 Å². The van der Waals surface area contributed by atoms with Crippen LogP contribution in [0.5, 0.6) is 0 Å². The Morgan fingerprint density at radius 3 is 3.20 bits per heavy atom. The van der Waals surface area contributed by atoms with Gasteiger partial charge in [-0.2, -0.15) is 0 Å². The van der Waals surface area contributed by atoms with Crippen LogP contribution >= 0.6 is 0 Å². The standard InChI is InChI=1S/C15H21N3O2/c16-17-15(19)12-4-1-3-11(9-12)10-18-7-8-20-14-6-2-5-13(14)18/h1,3-4,9,13-14H,2,5-8,10,16H2,(H,17,19). The Hall–Kier alpha value is -1.43. The molecule has 1 saturated carbocycles. The van der Waals surface area contributed by atoms with Crippen molar-refractivity contribution in [3.8, 4) is 0 Å². The van der Waals surface area contributed by atoms with Crippen LogP contribution in [0.25, 0.3) is 0 Å². The van der Waals surface area contributed by atoms with Gasteiger partial charge in [-0.05, 0) is 37.0 Å². The Morgan fingerprint density at radius 2 is 2.35 bits per heavy atom. The molecule has 3 N–H and O–H groups in total. The zero-order valence-electron chi connectivity index (χ0n) is 11.5. The SMILES string of the molecule is NNC(=O)c1cccc(CN2CCOC3CCCC32)c1. The van der Waals surface area contributed by atoms with E-state index in [2.05, 4.69) is 16.4 Å². The van der Waals surface area contributed by atoms with Gasteiger partial charge >= 0.3 is 0 Å². The van der Waals surface area contributed by atoms with Gasteiger partial charge in [0, 0.05) is 24.7 Å². The maximum absolute atomic E-state index is 11.6. The minimum Gasteiger partial charge on any atom is -0.375 e. The average molecular weight is 275 g/mol. The van der Waals surface area contributed by atoms with E-state index >= 15 is 0 Å². The third-order valence-electron chi connectivity index (χ3n) is 4.30. The first-order chi connectivity index (χ1) is 9.78. The van der Waals surface area contributed by atoms with Gasteiger partial charge in [0.05, 0.1) is 12.7 Å². The molecule has 2 aliphatic rings. The van der Waals surface area contributed by atoms with E-state index in [1.54, 1.807) is 6.07 Å². The lowest BCUT2D eigenvalue weighted by Gasteiger charge is -2.37. The molecule has 0 radical (unpaired) electrons. The fourth-order valence-corrected chi connectivity index (χ4v) is 3.33. The molecule has 5 nitrogen and oxygen atoms in total. The van der Waals surface area contributed by atoms with Crippen molar-refractivity contribution in [2.75, 3.05) is 13.2 Å².